The van der Waals surface area contributed by atoms with Gasteiger partial charge in [0.25, 0.3) is 0 Å². The summed E-state index contributed by atoms with van der Waals surface area (Å²) in [5.41, 5.74) is 0. The van der Waals surface area contributed by atoms with Gasteiger partial charge in [-0.05, 0) is 13.8 Å². The average Bonchev–Trinajstić information content (AvgIpc) is 1.27. The highest BCUT2D eigenvalue weighted by Gasteiger charge is 2.18. The van der Waals surface area contributed by atoms with Crippen LogP contribution >= 0.6 is 0 Å². The SMILES string of the molecule is CC(C)S(C)(N)(=O)O. The zero-order chi connectivity index (χ0) is 7.02. The van der Waals surface area contributed by atoms with Crippen molar-refractivity contribution in [1.29, 1.82) is 0 Å². The van der Waals surface area contributed by atoms with Crippen LogP contribution in [-0.2, 0) is 9.53 Å². The molecule has 0 radical (unpaired) electrons. The van der Waals surface area contributed by atoms with Crippen molar-refractivity contribution in [1.82, 2.24) is 0 Å². The minimum Gasteiger partial charge on any atom is -0.290 e. The van der Waals surface area contributed by atoms with Gasteiger partial charge in [-0.25, -0.2) is 5.14 Å². The van der Waals surface area contributed by atoms with Gasteiger partial charge in [-0.3, -0.25) is 4.55 Å². The third-order valence-corrected chi connectivity index (χ3v) is 3.44. The first-order valence-corrected chi connectivity index (χ1v) is 4.84. The maximum absolute atomic E-state index is 10.8. The van der Waals surface area contributed by atoms with E-state index < -0.39 is 9.53 Å². The van der Waals surface area contributed by atoms with Crippen LogP contribution in [0.3, 0.4) is 0 Å². The van der Waals surface area contributed by atoms with E-state index in [9.17, 15) is 4.21 Å². The summed E-state index contributed by atoms with van der Waals surface area (Å²) in [6.45, 7) is 3.24. The van der Waals surface area contributed by atoms with Crippen molar-refractivity contribution in [2.75, 3.05) is 6.26 Å². The van der Waals surface area contributed by atoms with Gasteiger partial charge in [0.05, 0.1) is 5.25 Å². The Hall–Kier alpha value is 0.0700. The Bertz CT molecular complexity index is 135. The van der Waals surface area contributed by atoms with Crippen molar-refractivity contribution in [3.63, 3.8) is 0 Å². The standard InChI is InChI=1S/C4H13NO2S/c1-4(2)8(3,5,6)7/h4H,1-3H3,(H3,5,6,7). The highest BCUT2D eigenvalue weighted by molar-refractivity contribution is 8.13. The van der Waals surface area contributed by atoms with Crippen LogP contribution in [0.1, 0.15) is 13.8 Å². The van der Waals surface area contributed by atoms with Gasteiger partial charge in [0.1, 0.15) is 0 Å². The van der Waals surface area contributed by atoms with Gasteiger partial charge in [-0.2, -0.15) is 4.21 Å². The molecule has 0 saturated heterocycles. The molecule has 0 amide bonds. The molecule has 0 rings (SSSR count). The molecule has 8 heavy (non-hydrogen) atoms. The van der Waals surface area contributed by atoms with Gasteiger partial charge < -0.3 is 0 Å². The van der Waals surface area contributed by atoms with Crippen LogP contribution < -0.4 is 5.14 Å². The lowest BCUT2D eigenvalue weighted by atomic mass is 10.6. The van der Waals surface area contributed by atoms with E-state index in [4.69, 9.17) is 9.69 Å². The maximum atomic E-state index is 10.8. The van der Waals surface area contributed by atoms with Crippen molar-refractivity contribution in [3.05, 3.63) is 0 Å². The summed E-state index contributed by atoms with van der Waals surface area (Å²) < 4.78 is 19.7. The average molecular weight is 139 g/mol. The van der Waals surface area contributed by atoms with Crippen molar-refractivity contribution in [2.45, 2.75) is 19.1 Å². The highest BCUT2D eigenvalue weighted by Crippen LogP contribution is 2.13. The fraction of sp³-hybridized carbons (Fsp3) is 1.00. The molecular formula is C4H13NO2S. The molecule has 0 unspecified atom stereocenters. The minimum absolute atomic E-state index is 0.369. The minimum atomic E-state index is -3.71. The Balaban J connectivity index is 4.40. The second-order valence-electron chi connectivity index (χ2n) is 2.48. The van der Waals surface area contributed by atoms with Crippen LogP contribution in [0.4, 0.5) is 0 Å². The van der Waals surface area contributed by atoms with E-state index in [1.165, 1.54) is 6.26 Å². The van der Waals surface area contributed by atoms with Gasteiger partial charge in [0.15, 0.2) is 0 Å². The summed E-state index contributed by atoms with van der Waals surface area (Å²) >= 11 is 0. The largest absolute Gasteiger partial charge is 0.290 e. The molecule has 0 aliphatic heterocycles. The van der Waals surface area contributed by atoms with Crippen LogP contribution in [-0.4, -0.2) is 20.3 Å². The smallest absolute Gasteiger partial charge is 0.0526 e. The summed E-state index contributed by atoms with van der Waals surface area (Å²) in [6, 6.07) is 0. The quantitative estimate of drug-likeness (QED) is 0.544. The summed E-state index contributed by atoms with van der Waals surface area (Å²) in [6.07, 6.45) is 1.17. The van der Waals surface area contributed by atoms with Gasteiger partial charge in [0.2, 0.25) is 0 Å². The summed E-state index contributed by atoms with van der Waals surface area (Å²) in [5, 5.41) is 4.66. The van der Waals surface area contributed by atoms with Gasteiger partial charge in [0, 0.05) is 6.26 Å². The monoisotopic (exact) mass is 139 g/mol. The van der Waals surface area contributed by atoms with E-state index in [1.54, 1.807) is 13.8 Å². The molecule has 52 valence electrons. The summed E-state index contributed by atoms with van der Waals surface area (Å²) in [4.78, 5) is 0. The second kappa shape index (κ2) is 1.52. The van der Waals surface area contributed by atoms with Gasteiger partial charge in [-0.1, -0.05) is 0 Å². The molecule has 0 spiro atoms. The topological polar surface area (TPSA) is 63.3 Å². The molecule has 0 heterocycles. The molecule has 0 aromatic rings. The molecular weight excluding hydrogens is 126 g/mol. The fourth-order valence-corrected chi connectivity index (χ4v) is 0. The molecule has 0 saturated carbocycles. The van der Waals surface area contributed by atoms with E-state index in [-0.39, 0.29) is 5.25 Å². The maximum Gasteiger partial charge on any atom is 0.0526 e. The number of hydrogen-bond donors (Lipinski definition) is 2. The predicted molar refractivity (Wildman–Crippen MR) is 36.0 cm³/mol. The molecule has 3 nitrogen and oxygen atoms in total. The Labute approximate surface area is 49.6 Å². The van der Waals surface area contributed by atoms with Crippen molar-refractivity contribution >= 4 is 9.53 Å². The number of nitrogens with two attached hydrogens (primary N) is 1. The Morgan fingerprint density at radius 2 is 1.75 bits per heavy atom. The van der Waals surface area contributed by atoms with Gasteiger partial charge in [-0.15, -0.1) is 9.53 Å². The first-order chi connectivity index (χ1) is 3.20. The summed E-state index contributed by atoms with van der Waals surface area (Å²) in [7, 11) is -3.71. The lowest BCUT2D eigenvalue weighted by Crippen LogP contribution is -2.48. The normalized spacial score (nSPS) is 18.0. The van der Waals surface area contributed by atoms with Crippen molar-refractivity contribution in [3.8, 4) is 0 Å². The molecule has 4 heteroatoms. The molecule has 0 bridgehead atoms. The van der Waals surface area contributed by atoms with Crippen LogP contribution in [0.25, 0.3) is 0 Å². The Morgan fingerprint density at radius 3 is 1.75 bits per heavy atom. The van der Waals surface area contributed by atoms with E-state index in [2.05, 4.69) is 0 Å². The Morgan fingerprint density at radius 1 is 1.62 bits per heavy atom. The molecule has 0 atom stereocenters. The number of rotatable bonds is 1. The van der Waals surface area contributed by atoms with E-state index in [1.807, 2.05) is 0 Å². The Kier molecular flexibility index (Phi) is 1.54. The zero-order valence-electron chi connectivity index (χ0n) is 5.42. The first-order valence-electron chi connectivity index (χ1n) is 2.38. The molecule has 0 aliphatic carbocycles. The third kappa shape index (κ3) is 2.40. The predicted octanol–water partition coefficient (Wildman–Crippen LogP) is 0.191. The first kappa shape index (κ1) is 8.07. The lowest BCUT2D eigenvalue weighted by Gasteiger charge is -2.37. The molecule has 0 fully saturated rings. The van der Waals surface area contributed by atoms with Crippen LogP contribution in [0.5, 0.6) is 0 Å². The molecule has 3 N–H and O–H groups in total. The molecule has 0 aromatic heterocycles. The van der Waals surface area contributed by atoms with E-state index >= 15 is 0 Å². The number of hydrogen-bond acceptors (Lipinski definition) is 1. The summed E-state index contributed by atoms with van der Waals surface area (Å²) in [5.74, 6) is 0. The zero-order valence-corrected chi connectivity index (χ0v) is 6.23. The van der Waals surface area contributed by atoms with Crippen LogP contribution in [0.15, 0.2) is 0 Å². The van der Waals surface area contributed by atoms with Crippen molar-refractivity contribution in [2.24, 2.45) is 5.14 Å². The highest BCUT2D eigenvalue weighted by atomic mass is 32.3. The van der Waals surface area contributed by atoms with Crippen molar-refractivity contribution < 1.29 is 8.76 Å². The van der Waals surface area contributed by atoms with E-state index in [0.29, 0.717) is 0 Å². The molecule has 0 aromatic carbocycles. The lowest BCUT2D eigenvalue weighted by molar-refractivity contribution is 0.510. The molecule has 0 aliphatic rings. The van der Waals surface area contributed by atoms with Crippen LogP contribution in [0, 0.1) is 0 Å². The second-order valence-corrected chi connectivity index (χ2v) is 6.30. The van der Waals surface area contributed by atoms with Gasteiger partial charge >= 0.3 is 0 Å². The fourth-order valence-electron chi connectivity index (χ4n) is 0. The van der Waals surface area contributed by atoms with Crippen LogP contribution in [0.2, 0.25) is 0 Å². The van der Waals surface area contributed by atoms with E-state index in [0.717, 1.165) is 0 Å². The third-order valence-electron chi connectivity index (χ3n) is 1.15.